The Hall–Kier alpha value is -1.16. The molecule has 1 aromatic carbocycles. The average Bonchev–Trinajstić information content (AvgIpc) is 2.48. The summed E-state index contributed by atoms with van der Waals surface area (Å²) in [5.74, 6) is 0. The largest absolute Gasteiger partial charge is 0.374 e. The van der Waals surface area contributed by atoms with Crippen LogP contribution in [0.2, 0.25) is 0 Å². The van der Waals surface area contributed by atoms with Gasteiger partial charge in [-0.05, 0) is 12.1 Å². The molecule has 1 heterocycles. The minimum absolute atomic E-state index is 0.332. The van der Waals surface area contributed by atoms with Crippen LogP contribution in [0.1, 0.15) is 12.5 Å². The molecule has 2 rings (SSSR count). The summed E-state index contributed by atoms with van der Waals surface area (Å²) in [6.45, 7) is 8.12. The predicted octanol–water partition coefficient (Wildman–Crippen LogP) is 2.01. The quantitative estimate of drug-likeness (QED) is 0.792. The van der Waals surface area contributed by atoms with Gasteiger partial charge in [-0.1, -0.05) is 49.4 Å². The van der Waals surface area contributed by atoms with E-state index in [1.165, 1.54) is 5.56 Å². The van der Waals surface area contributed by atoms with Gasteiger partial charge in [-0.15, -0.1) is 0 Å². The fraction of sp³-hybridized carbons (Fsp3) is 0.500. The van der Waals surface area contributed by atoms with Crippen molar-refractivity contribution in [3.63, 3.8) is 0 Å². The number of rotatable bonds is 6. The molecule has 1 atom stereocenters. The topological polar surface area (TPSA) is 24.5 Å². The first kappa shape index (κ1) is 14.3. The van der Waals surface area contributed by atoms with E-state index in [0.717, 1.165) is 39.3 Å². The molecule has 1 fully saturated rings. The van der Waals surface area contributed by atoms with E-state index in [-0.39, 0.29) is 0 Å². The lowest BCUT2D eigenvalue weighted by atomic mass is 10.2. The Morgan fingerprint density at radius 2 is 2.21 bits per heavy atom. The minimum atomic E-state index is 0.332. The van der Waals surface area contributed by atoms with Crippen LogP contribution in [0, 0.1) is 0 Å². The molecule has 0 aromatic heterocycles. The van der Waals surface area contributed by atoms with E-state index in [2.05, 4.69) is 53.6 Å². The number of nitrogens with one attached hydrogen (secondary N) is 1. The summed E-state index contributed by atoms with van der Waals surface area (Å²) in [5.41, 5.74) is 1.25. The average molecular weight is 260 g/mol. The standard InChI is InChI=1S/C16H24N2O/c1-2-18-11-12-19-16(14-18)13-17-10-6-9-15-7-4-3-5-8-15/h3-9,16-17H,2,10-14H2,1H3/b9-6+. The summed E-state index contributed by atoms with van der Waals surface area (Å²) in [6, 6.07) is 10.4. The van der Waals surface area contributed by atoms with Gasteiger partial charge in [-0.2, -0.15) is 0 Å². The highest BCUT2D eigenvalue weighted by Crippen LogP contribution is 2.03. The van der Waals surface area contributed by atoms with Crippen molar-refractivity contribution in [3.05, 3.63) is 42.0 Å². The number of hydrogen-bond donors (Lipinski definition) is 1. The van der Waals surface area contributed by atoms with Gasteiger partial charge in [0.1, 0.15) is 0 Å². The zero-order valence-corrected chi connectivity index (χ0v) is 11.7. The Morgan fingerprint density at radius 3 is 3.00 bits per heavy atom. The van der Waals surface area contributed by atoms with Crippen LogP contribution >= 0.6 is 0 Å². The van der Waals surface area contributed by atoms with Gasteiger partial charge in [0.2, 0.25) is 0 Å². The summed E-state index contributed by atoms with van der Waals surface area (Å²) in [6.07, 6.45) is 4.64. The number of hydrogen-bond acceptors (Lipinski definition) is 3. The molecular weight excluding hydrogens is 236 g/mol. The van der Waals surface area contributed by atoms with Crippen LogP contribution in [0.3, 0.4) is 0 Å². The second kappa shape index (κ2) is 8.10. The third-order valence-electron chi connectivity index (χ3n) is 3.41. The van der Waals surface area contributed by atoms with Crippen molar-refractivity contribution in [2.45, 2.75) is 13.0 Å². The highest BCUT2D eigenvalue weighted by Gasteiger charge is 2.18. The highest BCUT2D eigenvalue weighted by atomic mass is 16.5. The maximum Gasteiger partial charge on any atom is 0.0826 e. The summed E-state index contributed by atoms with van der Waals surface area (Å²) in [5, 5.41) is 3.43. The van der Waals surface area contributed by atoms with Crippen LogP contribution in [0.5, 0.6) is 0 Å². The fourth-order valence-corrected chi connectivity index (χ4v) is 2.28. The van der Waals surface area contributed by atoms with Crippen LogP contribution in [-0.4, -0.2) is 50.3 Å². The minimum Gasteiger partial charge on any atom is -0.374 e. The van der Waals surface area contributed by atoms with Crippen molar-refractivity contribution in [2.75, 3.05) is 39.3 Å². The number of nitrogens with zero attached hydrogens (tertiary/aromatic N) is 1. The van der Waals surface area contributed by atoms with Gasteiger partial charge >= 0.3 is 0 Å². The summed E-state index contributed by atoms with van der Waals surface area (Å²) in [4.78, 5) is 2.44. The molecule has 19 heavy (non-hydrogen) atoms. The second-order valence-corrected chi connectivity index (χ2v) is 4.86. The van der Waals surface area contributed by atoms with Crippen LogP contribution in [-0.2, 0) is 4.74 Å². The SMILES string of the molecule is CCN1CCOC(CNC/C=C/c2ccccc2)C1. The zero-order chi connectivity index (χ0) is 13.3. The number of benzene rings is 1. The molecule has 1 unspecified atom stereocenters. The first-order valence-electron chi connectivity index (χ1n) is 7.14. The molecule has 0 aliphatic carbocycles. The van der Waals surface area contributed by atoms with Gasteiger partial charge in [-0.3, -0.25) is 4.90 Å². The lowest BCUT2D eigenvalue weighted by molar-refractivity contribution is -0.0248. The first-order chi connectivity index (χ1) is 9.38. The van der Waals surface area contributed by atoms with Crippen molar-refractivity contribution >= 4 is 6.08 Å². The Kier molecular flexibility index (Phi) is 6.08. The molecule has 0 bridgehead atoms. The number of likely N-dealkylation sites (N-methyl/N-ethyl adjacent to an activating group) is 1. The van der Waals surface area contributed by atoms with E-state index in [1.54, 1.807) is 0 Å². The van der Waals surface area contributed by atoms with Gasteiger partial charge in [0.05, 0.1) is 12.7 Å². The molecule has 0 spiro atoms. The van der Waals surface area contributed by atoms with E-state index in [1.807, 2.05) is 6.07 Å². The van der Waals surface area contributed by atoms with E-state index >= 15 is 0 Å². The van der Waals surface area contributed by atoms with Crippen LogP contribution < -0.4 is 5.32 Å². The van der Waals surface area contributed by atoms with Crippen molar-refractivity contribution in [1.82, 2.24) is 10.2 Å². The van der Waals surface area contributed by atoms with E-state index < -0.39 is 0 Å². The third kappa shape index (κ3) is 5.15. The molecule has 0 amide bonds. The molecule has 3 heteroatoms. The Bertz CT molecular complexity index is 378. The third-order valence-corrected chi connectivity index (χ3v) is 3.41. The highest BCUT2D eigenvalue weighted by molar-refractivity contribution is 5.48. The molecule has 3 nitrogen and oxygen atoms in total. The molecule has 1 aliphatic heterocycles. The molecule has 1 saturated heterocycles. The van der Waals surface area contributed by atoms with Crippen LogP contribution in [0.15, 0.2) is 36.4 Å². The summed E-state index contributed by atoms with van der Waals surface area (Å²) in [7, 11) is 0. The predicted molar refractivity (Wildman–Crippen MR) is 80.2 cm³/mol. The number of morpholine rings is 1. The molecule has 1 N–H and O–H groups in total. The van der Waals surface area contributed by atoms with Crippen molar-refractivity contribution < 1.29 is 4.74 Å². The molecular formula is C16H24N2O. The van der Waals surface area contributed by atoms with Crippen molar-refractivity contribution in [2.24, 2.45) is 0 Å². The van der Waals surface area contributed by atoms with Crippen molar-refractivity contribution in [1.29, 1.82) is 0 Å². The number of ether oxygens (including phenoxy) is 1. The summed E-state index contributed by atoms with van der Waals surface area (Å²) < 4.78 is 5.75. The maximum absolute atomic E-state index is 5.75. The Balaban J connectivity index is 1.63. The van der Waals surface area contributed by atoms with Gasteiger partial charge in [0.25, 0.3) is 0 Å². The zero-order valence-electron chi connectivity index (χ0n) is 11.7. The summed E-state index contributed by atoms with van der Waals surface area (Å²) >= 11 is 0. The van der Waals surface area contributed by atoms with Crippen LogP contribution in [0.25, 0.3) is 6.08 Å². The Morgan fingerprint density at radius 1 is 1.37 bits per heavy atom. The van der Waals surface area contributed by atoms with E-state index in [0.29, 0.717) is 6.10 Å². The van der Waals surface area contributed by atoms with Crippen molar-refractivity contribution in [3.8, 4) is 0 Å². The van der Waals surface area contributed by atoms with Gasteiger partial charge in [0, 0.05) is 26.2 Å². The monoisotopic (exact) mass is 260 g/mol. The second-order valence-electron chi connectivity index (χ2n) is 4.86. The molecule has 1 aromatic rings. The molecule has 104 valence electrons. The molecule has 0 saturated carbocycles. The normalized spacial score (nSPS) is 21.0. The van der Waals surface area contributed by atoms with Gasteiger partial charge < -0.3 is 10.1 Å². The fourth-order valence-electron chi connectivity index (χ4n) is 2.28. The lowest BCUT2D eigenvalue weighted by Crippen LogP contribution is -2.46. The molecule has 0 radical (unpaired) electrons. The van der Waals surface area contributed by atoms with Gasteiger partial charge in [-0.25, -0.2) is 0 Å². The Labute approximate surface area is 116 Å². The smallest absolute Gasteiger partial charge is 0.0826 e. The van der Waals surface area contributed by atoms with Crippen LogP contribution in [0.4, 0.5) is 0 Å². The first-order valence-corrected chi connectivity index (χ1v) is 7.14. The lowest BCUT2D eigenvalue weighted by Gasteiger charge is -2.32. The van der Waals surface area contributed by atoms with E-state index in [4.69, 9.17) is 4.74 Å². The molecule has 1 aliphatic rings. The van der Waals surface area contributed by atoms with E-state index in [9.17, 15) is 0 Å². The maximum atomic E-state index is 5.75. The van der Waals surface area contributed by atoms with Gasteiger partial charge in [0.15, 0.2) is 0 Å².